The van der Waals surface area contributed by atoms with E-state index in [1.807, 2.05) is 0 Å². The molecular formula is C10H21NO. The van der Waals surface area contributed by atoms with Gasteiger partial charge in [0.15, 0.2) is 0 Å². The molecule has 1 unspecified atom stereocenters. The van der Waals surface area contributed by atoms with E-state index < -0.39 is 0 Å². The van der Waals surface area contributed by atoms with Gasteiger partial charge in [-0.05, 0) is 32.4 Å². The third-order valence-electron chi connectivity index (χ3n) is 3.27. The SMILES string of the molecule is CCN1CCCC(CC)(CO)C1. The molecule has 2 nitrogen and oxygen atoms in total. The fourth-order valence-electron chi connectivity index (χ4n) is 2.11. The Morgan fingerprint density at radius 1 is 1.42 bits per heavy atom. The zero-order chi connectivity index (χ0) is 9.03. The molecule has 1 N–H and O–H groups in total. The summed E-state index contributed by atoms with van der Waals surface area (Å²) >= 11 is 0. The highest BCUT2D eigenvalue weighted by Crippen LogP contribution is 2.32. The molecule has 1 aliphatic rings. The molecule has 12 heavy (non-hydrogen) atoms. The van der Waals surface area contributed by atoms with Crippen molar-refractivity contribution in [1.29, 1.82) is 0 Å². The van der Waals surface area contributed by atoms with Gasteiger partial charge in [-0.15, -0.1) is 0 Å². The third-order valence-corrected chi connectivity index (χ3v) is 3.27. The maximum absolute atomic E-state index is 9.33. The van der Waals surface area contributed by atoms with Gasteiger partial charge in [-0.3, -0.25) is 0 Å². The second kappa shape index (κ2) is 4.24. The average molecular weight is 171 g/mol. The highest BCUT2D eigenvalue weighted by Gasteiger charge is 2.32. The van der Waals surface area contributed by atoms with Gasteiger partial charge in [0.2, 0.25) is 0 Å². The molecule has 1 aliphatic heterocycles. The minimum absolute atomic E-state index is 0.217. The van der Waals surface area contributed by atoms with Gasteiger partial charge in [0.1, 0.15) is 0 Å². The predicted octanol–water partition coefficient (Wildman–Crippen LogP) is 1.49. The van der Waals surface area contributed by atoms with E-state index in [4.69, 9.17) is 0 Å². The Balaban J connectivity index is 2.52. The van der Waals surface area contributed by atoms with Crippen LogP contribution < -0.4 is 0 Å². The van der Waals surface area contributed by atoms with E-state index in [2.05, 4.69) is 18.7 Å². The first-order valence-electron chi connectivity index (χ1n) is 5.09. The number of piperidine rings is 1. The number of hydrogen-bond donors (Lipinski definition) is 1. The van der Waals surface area contributed by atoms with Crippen molar-refractivity contribution in [2.45, 2.75) is 33.1 Å². The molecule has 1 saturated heterocycles. The van der Waals surface area contributed by atoms with E-state index in [1.54, 1.807) is 0 Å². The number of aliphatic hydroxyl groups excluding tert-OH is 1. The number of hydrogen-bond acceptors (Lipinski definition) is 2. The molecule has 0 spiro atoms. The summed E-state index contributed by atoms with van der Waals surface area (Å²) in [6.45, 7) is 8.19. The van der Waals surface area contributed by atoms with E-state index in [0.29, 0.717) is 6.61 Å². The van der Waals surface area contributed by atoms with Crippen LogP contribution in [0.25, 0.3) is 0 Å². The number of rotatable bonds is 3. The number of aliphatic hydroxyl groups is 1. The lowest BCUT2D eigenvalue weighted by Crippen LogP contribution is -2.44. The van der Waals surface area contributed by atoms with Crippen LogP contribution in [0.15, 0.2) is 0 Å². The molecule has 1 atom stereocenters. The van der Waals surface area contributed by atoms with Crippen LogP contribution in [-0.2, 0) is 0 Å². The zero-order valence-corrected chi connectivity index (χ0v) is 8.34. The first-order chi connectivity index (χ1) is 5.76. The molecule has 0 aliphatic carbocycles. The lowest BCUT2D eigenvalue weighted by molar-refractivity contribution is 0.0316. The van der Waals surface area contributed by atoms with Crippen LogP contribution >= 0.6 is 0 Å². The Kier molecular flexibility index (Phi) is 3.53. The van der Waals surface area contributed by atoms with Crippen LogP contribution in [0.3, 0.4) is 0 Å². The molecule has 72 valence electrons. The summed E-state index contributed by atoms with van der Waals surface area (Å²) < 4.78 is 0. The van der Waals surface area contributed by atoms with Gasteiger partial charge in [0.05, 0.1) is 0 Å². The highest BCUT2D eigenvalue weighted by molar-refractivity contribution is 4.85. The van der Waals surface area contributed by atoms with Gasteiger partial charge in [-0.25, -0.2) is 0 Å². The van der Waals surface area contributed by atoms with Gasteiger partial charge < -0.3 is 10.0 Å². The van der Waals surface area contributed by atoms with Crippen molar-refractivity contribution in [1.82, 2.24) is 4.90 Å². The molecule has 2 heteroatoms. The molecule has 0 aromatic rings. The van der Waals surface area contributed by atoms with Crippen LogP contribution in [0.1, 0.15) is 33.1 Å². The van der Waals surface area contributed by atoms with Crippen LogP contribution in [-0.4, -0.2) is 36.2 Å². The van der Waals surface area contributed by atoms with E-state index in [9.17, 15) is 5.11 Å². The van der Waals surface area contributed by atoms with Crippen molar-refractivity contribution in [3.63, 3.8) is 0 Å². The van der Waals surface area contributed by atoms with Crippen LogP contribution in [0.5, 0.6) is 0 Å². The summed E-state index contributed by atoms with van der Waals surface area (Å²) in [5.74, 6) is 0. The molecule has 0 bridgehead atoms. The first kappa shape index (κ1) is 10.0. The largest absolute Gasteiger partial charge is 0.396 e. The van der Waals surface area contributed by atoms with Gasteiger partial charge in [-0.1, -0.05) is 13.8 Å². The van der Waals surface area contributed by atoms with Crippen LogP contribution in [0.2, 0.25) is 0 Å². The van der Waals surface area contributed by atoms with Crippen molar-refractivity contribution in [2.75, 3.05) is 26.2 Å². The summed E-state index contributed by atoms with van der Waals surface area (Å²) in [6, 6.07) is 0. The maximum Gasteiger partial charge on any atom is 0.0499 e. The van der Waals surface area contributed by atoms with Crippen LogP contribution in [0.4, 0.5) is 0 Å². The van der Waals surface area contributed by atoms with E-state index >= 15 is 0 Å². The Hall–Kier alpha value is -0.0800. The number of likely N-dealkylation sites (tertiary alicyclic amines) is 1. The minimum atomic E-state index is 0.217. The number of nitrogens with zero attached hydrogens (tertiary/aromatic N) is 1. The lowest BCUT2D eigenvalue weighted by Gasteiger charge is -2.40. The van der Waals surface area contributed by atoms with Crippen molar-refractivity contribution in [2.24, 2.45) is 5.41 Å². The average Bonchev–Trinajstić information content (AvgIpc) is 2.18. The molecule has 0 saturated carbocycles. The fraction of sp³-hybridized carbons (Fsp3) is 1.00. The summed E-state index contributed by atoms with van der Waals surface area (Å²) in [4.78, 5) is 2.45. The monoisotopic (exact) mass is 171 g/mol. The molecular weight excluding hydrogens is 150 g/mol. The zero-order valence-electron chi connectivity index (χ0n) is 8.34. The maximum atomic E-state index is 9.33. The first-order valence-corrected chi connectivity index (χ1v) is 5.09. The molecule has 1 heterocycles. The van der Waals surface area contributed by atoms with Crippen molar-refractivity contribution in [3.05, 3.63) is 0 Å². The fourth-order valence-corrected chi connectivity index (χ4v) is 2.11. The van der Waals surface area contributed by atoms with E-state index in [0.717, 1.165) is 19.5 Å². The molecule has 0 aromatic heterocycles. The van der Waals surface area contributed by atoms with Gasteiger partial charge >= 0.3 is 0 Å². The molecule has 1 fully saturated rings. The summed E-state index contributed by atoms with van der Waals surface area (Å²) in [5.41, 5.74) is 0.217. The van der Waals surface area contributed by atoms with Gasteiger partial charge in [0, 0.05) is 18.6 Å². The van der Waals surface area contributed by atoms with Gasteiger partial charge in [-0.2, -0.15) is 0 Å². The van der Waals surface area contributed by atoms with Gasteiger partial charge in [0.25, 0.3) is 0 Å². The summed E-state index contributed by atoms with van der Waals surface area (Å²) in [7, 11) is 0. The lowest BCUT2D eigenvalue weighted by atomic mass is 9.78. The second-order valence-corrected chi connectivity index (χ2v) is 3.98. The summed E-state index contributed by atoms with van der Waals surface area (Å²) in [6.07, 6.45) is 3.57. The second-order valence-electron chi connectivity index (χ2n) is 3.98. The van der Waals surface area contributed by atoms with Crippen molar-refractivity contribution in [3.8, 4) is 0 Å². The highest BCUT2D eigenvalue weighted by atomic mass is 16.3. The Morgan fingerprint density at radius 2 is 2.17 bits per heavy atom. The quantitative estimate of drug-likeness (QED) is 0.695. The topological polar surface area (TPSA) is 23.5 Å². The molecule has 0 aromatic carbocycles. The Bertz CT molecular complexity index is 132. The standard InChI is InChI=1S/C10H21NO/c1-3-10(9-12)6-5-7-11(4-2)8-10/h12H,3-9H2,1-2H3. The van der Waals surface area contributed by atoms with Crippen LogP contribution in [0, 0.1) is 5.41 Å². The molecule has 0 radical (unpaired) electrons. The molecule has 1 rings (SSSR count). The minimum Gasteiger partial charge on any atom is -0.396 e. The third kappa shape index (κ3) is 1.99. The van der Waals surface area contributed by atoms with E-state index in [-0.39, 0.29) is 5.41 Å². The van der Waals surface area contributed by atoms with E-state index in [1.165, 1.54) is 19.4 Å². The Labute approximate surface area is 75.6 Å². The smallest absolute Gasteiger partial charge is 0.0499 e. The summed E-state index contributed by atoms with van der Waals surface area (Å²) in [5, 5.41) is 9.33. The van der Waals surface area contributed by atoms with Crippen molar-refractivity contribution < 1.29 is 5.11 Å². The normalized spacial score (nSPS) is 32.2. The predicted molar refractivity (Wildman–Crippen MR) is 51.2 cm³/mol. The van der Waals surface area contributed by atoms with Crippen molar-refractivity contribution >= 4 is 0 Å². The molecule has 0 amide bonds. The Morgan fingerprint density at radius 3 is 2.67 bits per heavy atom.